The summed E-state index contributed by atoms with van der Waals surface area (Å²) in [6, 6.07) is 9.89. The first kappa shape index (κ1) is 13.2. The van der Waals surface area contributed by atoms with Crippen molar-refractivity contribution in [1.29, 1.82) is 0 Å². The molecule has 2 N–H and O–H groups in total. The molecule has 2 aromatic heterocycles. The first-order chi connectivity index (χ1) is 9.67. The molecular formula is C14H13N3OS2. The molecule has 0 unspecified atom stereocenters. The Kier molecular flexibility index (Phi) is 3.50. The van der Waals surface area contributed by atoms with Crippen molar-refractivity contribution < 1.29 is 4.74 Å². The Morgan fingerprint density at radius 2 is 2.05 bits per heavy atom. The van der Waals surface area contributed by atoms with Crippen molar-refractivity contribution in [2.24, 2.45) is 0 Å². The highest BCUT2D eigenvalue weighted by Crippen LogP contribution is 2.36. The number of nitrogens with two attached hydrogens (primary N) is 1. The number of aryl methyl sites for hydroxylation is 1. The number of benzene rings is 1. The molecular weight excluding hydrogens is 290 g/mol. The lowest BCUT2D eigenvalue weighted by atomic mass is 10.3. The molecule has 0 amide bonds. The van der Waals surface area contributed by atoms with Gasteiger partial charge in [-0.25, -0.2) is 4.98 Å². The maximum Gasteiger partial charge on any atom is 0.232 e. The summed E-state index contributed by atoms with van der Waals surface area (Å²) in [4.78, 5) is 11.5. The highest BCUT2D eigenvalue weighted by atomic mass is 32.2. The van der Waals surface area contributed by atoms with Gasteiger partial charge in [0.05, 0.1) is 5.39 Å². The molecule has 20 heavy (non-hydrogen) atoms. The van der Waals surface area contributed by atoms with Crippen molar-refractivity contribution in [1.82, 2.24) is 9.97 Å². The molecule has 0 spiro atoms. The number of hydrogen-bond donors (Lipinski definition) is 1. The van der Waals surface area contributed by atoms with Gasteiger partial charge in [-0.2, -0.15) is 4.98 Å². The van der Waals surface area contributed by atoms with E-state index < -0.39 is 0 Å². The van der Waals surface area contributed by atoms with Crippen LogP contribution in [0.3, 0.4) is 0 Å². The molecule has 0 fully saturated rings. The molecule has 3 aromatic rings. The highest BCUT2D eigenvalue weighted by molar-refractivity contribution is 7.98. The Morgan fingerprint density at radius 1 is 1.25 bits per heavy atom. The number of nitrogen functional groups attached to an aromatic ring is 1. The van der Waals surface area contributed by atoms with Crippen molar-refractivity contribution in [3.8, 4) is 11.6 Å². The average Bonchev–Trinajstić information content (AvgIpc) is 2.79. The van der Waals surface area contributed by atoms with E-state index in [0.717, 1.165) is 25.7 Å². The van der Waals surface area contributed by atoms with Gasteiger partial charge in [-0.1, -0.05) is 12.1 Å². The first-order valence-corrected chi connectivity index (χ1v) is 8.06. The second kappa shape index (κ2) is 5.30. The minimum absolute atomic E-state index is 0.232. The molecule has 4 nitrogen and oxygen atoms in total. The number of ether oxygens (including phenoxy) is 1. The van der Waals surface area contributed by atoms with Crippen molar-refractivity contribution in [2.45, 2.75) is 11.8 Å². The molecule has 6 heteroatoms. The van der Waals surface area contributed by atoms with Crippen LogP contribution < -0.4 is 10.5 Å². The lowest BCUT2D eigenvalue weighted by Gasteiger charge is -2.09. The third-order valence-corrected chi connectivity index (χ3v) is 4.50. The van der Waals surface area contributed by atoms with E-state index in [1.807, 2.05) is 43.5 Å². The Hall–Kier alpha value is -1.79. The third kappa shape index (κ3) is 2.44. The summed E-state index contributed by atoms with van der Waals surface area (Å²) < 4.78 is 5.96. The van der Waals surface area contributed by atoms with E-state index in [1.54, 1.807) is 23.1 Å². The van der Waals surface area contributed by atoms with Crippen LogP contribution in [0.2, 0.25) is 0 Å². The number of fused-ring (bicyclic) bond motifs is 1. The molecule has 0 atom stereocenters. The standard InChI is InChI=1S/C14H13N3OS2/c1-8-7-9-12(16-14(15)17-13(9)20-8)18-10-5-3-4-6-11(10)19-2/h3-7H,1-2H3,(H2,15,16,17). The summed E-state index contributed by atoms with van der Waals surface area (Å²) >= 11 is 3.22. The molecule has 0 radical (unpaired) electrons. The smallest absolute Gasteiger partial charge is 0.232 e. The summed E-state index contributed by atoms with van der Waals surface area (Å²) in [5, 5.41) is 0.901. The van der Waals surface area contributed by atoms with E-state index in [-0.39, 0.29) is 5.95 Å². The molecule has 0 aliphatic heterocycles. The summed E-state index contributed by atoms with van der Waals surface area (Å²) in [6.07, 6.45) is 2.01. The second-order valence-corrected chi connectivity index (χ2v) is 6.30. The predicted octanol–water partition coefficient (Wildman–Crippen LogP) is 4.10. The van der Waals surface area contributed by atoms with Gasteiger partial charge in [0.1, 0.15) is 10.6 Å². The Bertz CT molecular complexity index is 770. The number of thioether (sulfide) groups is 1. The number of para-hydroxylation sites is 1. The lowest BCUT2D eigenvalue weighted by Crippen LogP contribution is -1.97. The van der Waals surface area contributed by atoms with E-state index in [2.05, 4.69) is 9.97 Å². The molecule has 0 aliphatic rings. The SMILES string of the molecule is CSc1ccccc1Oc1nc(N)nc2sc(C)cc12. The van der Waals surface area contributed by atoms with Crippen molar-refractivity contribution in [3.63, 3.8) is 0 Å². The lowest BCUT2D eigenvalue weighted by molar-refractivity contribution is 0.458. The first-order valence-electron chi connectivity index (χ1n) is 6.02. The minimum Gasteiger partial charge on any atom is -0.437 e. The van der Waals surface area contributed by atoms with Crippen LogP contribution in [-0.4, -0.2) is 16.2 Å². The summed E-state index contributed by atoms with van der Waals surface area (Å²) in [7, 11) is 0. The molecule has 1 aromatic carbocycles. The summed E-state index contributed by atoms with van der Waals surface area (Å²) in [5.74, 6) is 1.53. The fraction of sp³-hybridized carbons (Fsp3) is 0.143. The highest BCUT2D eigenvalue weighted by Gasteiger charge is 2.12. The molecule has 0 aliphatic carbocycles. The Morgan fingerprint density at radius 3 is 2.85 bits per heavy atom. The van der Waals surface area contributed by atoms with Gasteiger partial charge in [-0.15, -0.1) is 23.1 Å². The zero-order valence-corrected chi connectivity index (χ0v) is 12.7. The molecule has 0 saturated heterocycles. The van der Waals surface area contributed by atoms with E-state index in [4.69, 9.17) is 10.5 Å². The normalized spacial score (nSPS) is 10.9. The van der Waals surface area contributed by atoms with Gasteiger partial charge in [-0.05, 0) is 31.4 Å². The van der Waals surface area contributed by atoms with Crippen molar-refractivity contribution in [3.05, 3.63) is 35.2 Å². The maximum atomic E-state index is 5.96. The molecule has 0 saturated carbocycles. The second-order valence-electron chi connectivity index (χ2n) is 4.22. The van der Waals surface area contributed by atoms with Crippen LogP contribution in [0.5, 0.6) is 11.6 Å². The van der Waals surface area contributed by atoms with Crippen LogP contribution in [-0.2, 0) is 0 Å². The third-order valence-electron chi connectivity index (χ3n) is 2.77. The van der Waals surface area contributed by atoms with E-state index in [9.17, 15) is 0 Å². The van der Waals surface area contributed by atoms with E-state index in [0.29, 0.717) is 5.88 Å². The topological polar surface area (TPSA) is 61.0 Å². The van der Waals surface area contributed by atoms with Gasteiger partial charge >= 0.3 is 0 Å². The quantitative estimate of drug-likeness (QED) is 0.738. The van der Waals surface area contributed by atoms with Crippen LogP contribution in [0.15, 0.2) is 35.2 Å². The van der Waals surface area contributed by atoms with Crippen LogP contribution in [0.4, 0.5) is 5.95 Å². The monoisotopic (exact) mass is 303 g/mol. The van der Waals surface area contributed by atoms with E-state index in [1.165, 1.54) is 0 Å². The molecule has 3 rings (SSSR count). The van der Waals surface area contributed by atoms with Gasteiger partial charge < -0.3 is 10.5 Å². The fourth-order valence-electron chi connectivity index (χ4n) is 1.92. The van der Waals surface area contributed by atoms with Gasteiger partial charge in [0, 0.05) is 9.77 Å². The predicted molar refractivity (Wildman–Crippen MR) is 84.9 cm³/mol. The number of nitrogens with zero attached hydrogens (tertiary/aromatic N) is 2. The van der Waals surface area contributed by atoms with Crippen LogP contribution in [0, 0.1) is 6.92 Å². The zero-order valence-electron chi connectivity index (χ0n) is 11.1. The molecule has 102 valence electrons. The Balaban J connectivity index is 2.10. The fourth-order valence-corrected chi connectivity index (χ4v) is 3.32. The summed E-state index contributed by atoms with van der Waals surface area (Å²) in [5.41, 5.74) is 5.76. The number of anilines is 1. The van der Waals surface area contributed by atoms with Gasteiger partial charge in [0.15, 0.2) is 0 Å². The van der Waals surface area contributed by atoms with Gasteiger partial charge in [0.2, 0.25) is 11.8 Å². The van der Waals surface area contributed by atoms with Gasteiger partial charge in [-0.3, -0.25) is 0 Å². The Labute approximate surface area is 125 Å². The molecule has 2 heterocycles. The van der Waals surface area contributed by atoms with Crippen molar-refractivity contribution in [2.75, 3.05) is 12.0 Å². The van der Waals surface area contributed by atoms with Crippen molar-refractivity contribution >= 4 is 39.3 Å². The largest absolute Gasteiger partial charge is 0.437 e. The minimum atomic E-state index is 0.232. The summed E-state index contributed by atoms with van der Waals surface area (Å²) in [6.45, 7) is 2.03. The van der Waals surface area contributed by atoms with Gasteiger partial charge in [0.25, 0.3) is 0 Å². The number of rotatable bonds is 3. The van der Waals surface area contributed by atoms with E-state index >= 15 is 0 Å². The van der Waals surface area contributed by atoms with Crippen LogP contribution in [0.25, 0.3) is 10.2 Å². The zero-order chi connectivity index (χ0) is 14.1. The van der Waals surface area contributed by atoms with Crippen LogP contribution in [0.1, 0.15) is 4.88 Å². The molecule has 0 bridgehead atoms. The number of hydrogen-bond acceptors (Lipinski definition) is 6. The number of thiophene rings is 1. The average molecular weight is 303 g/mol. The maximum absolute atomic E-state index is 5.96. The van der Waals surface area contributed by atoms with Crippen LogP contribution >= 0.6 is 23.1 Å². The number of aromatic nitrogens is 2.